The van der Waals surface area contributed by atoms with Gasteiger partial charge in [0.15, 0.2) is 0 Å². The minimum atomic E-state index is -3.45. The summed E-state index contributed by atoms with van der Waals surface area (Å²) in [5.41, 5.74) is 5.15. The number of aryl methyl sites for hydroxylation is 4. The van der Waals surface area contributed by atoms with E-state index in [-0.39, 0.29) is 0 Å². The molecule has 0 spiro atoms. The molecule has 134 valence electrons. The number of anilines is 1. The Morgan fingerprint density at radius 1 is 0.800 bits per heavy atom. The molecular weight excluding hydrogens is 332 g/mol. The second-order valence-electron chi connectivity index (χ2n) is 6.96. The van der Waals surface area contributed by atoms with Gasteiger partial charge in [-0.25, -0.2) is 8.42 Å². The highest BCUT2D eigenvalue weighted by Gasteiger charge is 2.30. The zero-order chi connectivity index (χ0) is 18.2. The van der Waals surface area contributed by atoms with Crippen molar-refractivity contribution in [2.45, 2.75) is 32.6 Å². The van der Waals surface area contributed by atoms with Gasteiger partial charge in [0.2, 0.25) is 10.0 Å². The third-order valence-electron chi connectivity index (χ3n) is 4.81. The first kappa shape index (κ1) is 18.0. The number of nitrogens with zero attached hydrogens (tertiary/aromatic N) is 2. The molecule has 1 fully saturated rings. The van der Waals surface area contributed by atoms with Crippen molar-refractivity contribution in [1.29, 1.82) is 0 Å². The Morgan fingerprint density at radius 2 is 1.40 bits per heavy atom. The number of benzene rings is 2. The van der Waals surface area contributed by atoms with Crippen LogP contribution >= 0.6 is 0 Å². The van der Waals surface area contributed by atoms with Crippen molar-refractivity contribution in [3.8, 4) is 0 Å². The molecule has 1 heterocycles. The molecule has 25 heavy (non-hydrogen) atoms. The van der Waals surface area contributed by atoms with Gasteiger partial charge in [0.05, 0.1) is 4.90 Å². The van der Waals surface area contributed by atoms with Crippen LogP contribution in [0.3, 0.4) is 0 Å². The summed E-state index contributed by atoms with van der Waals surface area (Å²) in [4.78, 5) is 2.73. The lowest BCUT2D eigenvalue weighted by atomic mass is 10.1. The molecule has 4 nitrogen and oxygen atoms in total. The first-order chi connectivity index (χ1) is 11.8. The molecule has 0 atom stereocenters. The summed E-state index contributed by atoms with van der Waals surface area (Å²) >= 11 is 0. The molecule has 5 heteroatoms. The summed E-state index contributed by atoms with van der Waals surface area (Å²) in [6, 6.07) is 12.3. The molecule has 3 rings (SSSR count). The fraction of sp³-hybridized carbons (Fsp3) is 0.400. The van der Waals surface area contributed by atoms with Gasteiger partial charge in [-0.05, 0) is 56.5 Å². The summed E-state index contributed by atoms with van der Waals surface area (Å²) < 4.78 is 27.9. The fourth-order valence-corrected chi connectivity index (χ4v) is 5.55. The smallest absolute Gasteiger partial charge is 0.243 e. The second-order valence-corrected chi connectivity index (χ2v) is 8.83. The number of sulfonamides is 1. The minimum Gasteiger partial charge on any atom is -0.369 e. The highest BCUT2D eigenvalue weighted by atomic mass is 32.2. The Morgan fingerprint density at radius 3 is 1.96 bits per heavy atom. The number of piperazine rings is 1. The van der Waals surface area contributed by atoms with Crippen LogP contribution in [0, 0.1) is 27.7 Å². The third kappa shape index (κ3) is 3.58. The molecule has 0 unspecified atom stereocenters. The van der Waals surface area contributed by atoms with Crippen LogP contribution in [0.5, 0.6) is 0 Å². The molecule has 1 saturated heterocycles. The van der Waals surface area contributed by atoms with E-state index in [0.717, 1.165) is 16.7 Å². The zero-order valence-corrected chi connectivity index (χ0v) is 16.2. The first-order valence-electron chi connectivity index (χ1n) is 8.68. The van der Waals surface area contributed by atoms with E-state index in [2.05, 4.69) is 30.0 Å². The van der Waals surface area contributed by atoms with E-state index in [1.807, 2.05) is 39.0 Å². The van der Waals surface area contributed by atoms with E-state index in [1.54, 1.807) is 4.31 Å². The fourth-order valence-electron chi connectivity index (χ4n) is 3.71. The van der Waals surface area contributed by atoms with Crippen LogP contribution in [-0.4, -0.2) is 38.9 Å². The average Bonchev–Trinajstić information content (AvgIpc) is 2.53. The van der Waals surface area contributed by atoms with Crippen LogP contribution in [-0.2, 0) is 10.0 Å². The van der Waals surface area contributed by atoms with Crippen LogP contribution in [0.15, 0.2) is 41.3 Å². The number of hydrogen-bond donors (Lipinski definition) is 0. The molecule has 0 bridgehead atoms. The summed E-state index contributed by atoms with van der Waals surface area (Å²) in [5.74, 6) is 0. The predicted octanol–water partition coefficient (Wildman–Crippen LogP) is 3.43. The Kier molecular flexibility index (Phi) is 4.89. The highest BCUT2D eigenvalue weighted by molar-refractivity contribution is 7.89. The van der Waals surface area contributed by atoms with Gasteiger partial charge in [-0.3, -0.25) is 0 Å². The standard InChI is InChI=1S/C20H26N2O2S/c1-15-6-5-7-19(14-15)21-8-10-22(11-9-21)25(23,24)20-17(3)12-16(2)13-18(20)4/h5-7,12-14H,8-11H2,1-4H3. The van der Waals surface area contributed by atoms with Crippen LogP contribution in [0.25, 0.3) is 0 Å². The quantitative estimate of drug-likeness (QED) is 0.844. The Hall–Kier alpha value is -1.85. The lowest BCUT2D eigenvalue weighted by Gasteiger charge is -2.36. The number of rotatable bonds is 3. The molecule has 2 aromatic carbocycles. The van der Waals surface area contributed by atoms with Gasteiger partial charge in [0.25, 0.3) is 0 Å². The normalized spacial score (nSPS) is 16.2. The van der Waals surface area contributed by atoms with E-state index in [4.69, 9.17) is 0 Å². The van der Waals surface area contributed by atoms with Gasteiger partial charge < -0.3 is 4.90 Å². The van der Waals surface area contributed by atoms with Gasteiger partial charge in [-0.15, -0.1) is 0 Å². The summed E-state index contributed by atoms with van der Waals surface area (Å²) in [7, 11) is -3.45. The van der Waals surface area contributed by atoms with Gasteiger partial charge >= 0.3 is 0 Å². The SMILES string of the molecule is Cc1cccc(N2CCN(S(=O)(=O)c3c(C)cc(C)cc3C)CC2)c1. The highest BCUT2D eigenvalue weighted by Crippen LogP contribution is 2.27. The van der Waals surface area contributed by atoms with Gasteiger partial charge in [-0.1, -0.05) is 29.8 Å². The molecule has 2 aromatic rings. The molecular formula is C20H26N2O2S. The van der Waals surface area contributed by atoms with Crippen molar-refractivity contribution in [2.24, 2.45) is 0 Å². The molecule has 1 aliphatic heterocycles. The second kappa shape index (κ2) is 6.81. The number of hydrogen-bond acceptors (Lipinski definition) is 3. The van der Waals surface area contributed by atoms with Crippen molar-refractivity contribution in [1.82, 2.24) is 4.31 Å². The summed E-state index contributed by atoms with van der Waals surface area (Å²) in [5, 5.41) is 0. The third-order valence-corrected chi connectivity index (χ3v) is 7.01. The minimum absolute atomic E-state index is 0.474. The lowest BCUT2D eigenvalue weighted by Crippen LogP contribution is -2.48. The Bertz CT molecular complexity index is 859. The Balaban J connectivity index is 1.81. The van der Waals surface area contributed by atoms with Crippen molar-refractivity contribution in [2.75, 3.05) is 31.1 Å². The maximum Gasteiger partial charge on any atom is 0.243 e. The molecule has 0 saturated carbocycles. The van der Waals surface area contributed by atoms with Crippen molar-refractivity contribution in [3.63, 3.8) is 0 Å². The lowest BCUT2D eigenvalue weighted by molar-refractivity contribution is 0.384. The van der Waals surface area contributed by atoms with Gasteiger partial charge in [0, 0.05) is 31.9 Å². The molecule has 0 aromatic heterocycles. The van der Waals surface area contributed by atoms with Crippen molar-refractivity contribution >= 4 is 15.7 Å². The average molecular weight is 359 g/mol. The summed E-state index contributed by atoms with van der Waals surface area (Å²) in [6.45, 7) is 10.3. The van der Waals surface area contributed by atoms with E-state index in [0.29, 0.717) is 31.1 Å². The molecule has 0 aliphatic carbocycles. The monoisotopic (exact) mass is 358 g/mol. The van der Waals surface area contributed by atoms with Crippen LogP contribution in [0.4, 0.5) is 5.69 Å². The molecule has 0 amide bonds. The summed E-state index contributed by atoms with van der Waals surface area (Å²) in [6.07, 6.45) is 0. The first-order valence-corrected chi connectivity index (χ1v) is 10.1. The maximum absolute atomic E-state index is 13.1. The molecule has 0 radical (unpaired) electrons. The molecule has 1 aliphatic rings. The largest absolute Gasteiger partial charge is 0.369 e. The van der Waals surface area contributed by atoms with E-state index < -0.39 is 10.0 Å². The van der Waals surface area contributed by atoms with Crippen LogP contribution < -0.4 is 4.90 Å². The predicted molar refractivity (Wildman–Crippen MR) is 103 cm³/mol. The van der Waals surface area contributed by atoms with Crippen LogP contribution in [0.1, 0.15) is 22.3 Å². The van der Waals surface area contributed by atoms with Crippen molar-refractivity contribution < 1.29 is 8.42 Å². The van der Waals surface area contributed by atoms with E-state index in [1.165, 1.54) is 11.3 Å². The van der Waals surface area contributed by atoms with Crippen LogP contribution in [0.2, 0.25) is 0 Å². The van der Waals surface area contributed by atoms with E-state index >= 15 is 0 Å². The van der Waals surface area contributed by atoms with Gasteiger partial charge in [-0.2, -0.15) is 4.31 Å². The molecule has 0 N–H and O–H groups in total. The maximum atomic E-state index is 13.1. The van der Waals surface area contributed by atoms with E-state index in [9.17, 15) is 8.42 Å². The Labute approximate surface area is 151 Å². The van der Waals surface area contributed by atoms with Crippen molar-refractivity contribution in [3.05, 3.63) is 58.7 Å². The van der Waals surface area contributed by atoms with Gasteiger partial charge in [0.1, 0.15) is 0 Å². The zero-order valence-electron chi connectivity index (χ0n) is 15.4. The topological polar surface area (TPSA) is 40.6 Å².